The van der Waals surface area contributed by atoms with Gasteiger partial charge in [-0.25, -0.2) is 5.43 Å². The van der Waals surface area contributed by atoms with Gasteiger partial charge >= 0.3 is 23.6 Å². The minimum Gasteiger partial charge on any atom is -0.494 e. The first-order chi connectivity index (χ1) is 17.7. The van der Waals surface area contributed by atoms with Crippen LogP contribution in [0, 0.1) is 0 Å². The van der Waals surface area contributed by atoms with Crippen molar-refractivity contribution in [1.82, 2.24) is 10.7 Å². The predicted molar refractivity (Wildman–Crippen MR) is 138 cm³/mol. The maximum absolute atomic E-state index is 12.0. The number of rotatable bonds is 8. The number of hydrogen-bond donors (Lipinski definition) is 4. The van der Waals surface area contributed by atoms with E-state index >= 15 is 0 Å². The third kappa shape index (κ3) is 8.37. The second-order valence-corrected chi connectivity index (χ2v) is 7.99. The largest absolute Gasteiger partial charge is 0.494 e. The lowest BCUT2D eigenvalue weighted by molar-refractivity contribution is -0.136. The zero-order chi connectivity index (χ0) is 26.8. The number of carbonyl (C=O) groups excluding carboxylic acids is 4. The van der Waals surface area contributed by atoms with Gasteiger partial charge in [-0.05, 0) is 61.5 Å². The average Bonchev–Trinajstić information content (AvgIpc) is 3.33. The molecule has 0 aliphatic heterocycles. The third-order valence-electron chi connectivity index (χ3n) is 4.48. The molecule has 0 saturated heterocycles. The minimum absolute atomic E-state index is 0.0850. The number of hydrazone groups is 1. The maximum atomic E-state index is 12.0. The molecule has 3 aromatic rings. The van der Waals surface area contributed by atoms with Crippen molar-refractivity contribution in [3.63, 3.8) is 0 Å². The van der Waals surface area contributed by atoms with E-state index in [9.17, 15) is 19.2 Å². The standard InChI is InChI=1S/C24H21Cl2N5O6/c1-2-36-16-6-3-14(4-7-16)29-23(34)24(35)31-28-13-18-9-8-17(37-18)12-27-21(32)22(33)30-15-5-10-19(25)20(26)11-15/h3-11,13H,2,12H2,1H3,(H,27,32)(H,29,34)(H,30,33)(H,31,35)/b28-13+. The Kier molecular flexibility index (Phi) is 9.64. The number of nitrogens with zero attached hydrogens (tertiary/aromatic N) is 1. The van der Waals surface area contributed by atoms with Gasteiger partial charge in [0.2, 0.25) is 0 Å². The van der Waals surface area contributed by atoms with Crippen LogP contribution < -0.4 is 26.1 Å². The summed E-state index contributed by atoms with van der Waals surface area (Å²) < 4.78 is 10.7. The first kappa shape index (κ1) is 27.2. The summed E-state index contributed by atoms with van der Waals surface area (Å²) in [6, 6.07) is 14.0. The van der Waals surface area contributed by atoms with E-state index in [0.717, 1.165) is 0 Å². The van der Waals surface area contributed by atoms with Crippen LogP contribution in [0.25, 0.3) is 0 Å². The van der Waals surface area contributed by atoms with E-state index in [1.54, 1.807) is 30.3 Å². The zero-order valence-electron chi connectivity index (χ0n) is 19.3. The molecule has 0 fully saturated rings. The predicted octanol–water partition coefficient (Wildman–Crippen LogP) is 3.33. The Morgan fingerprint density at radius 2 is 1.54 bits per heavy atom. The molecule has 192 valence electrons. The average molecular weight is 546 g/mol. The van der Waals surface area contributed by atoms with Gasteiger partial charge in [0, 0.05) is 11.4 Å². The summed E-state index contributed by atoms with van der Waals surface area (Å²) >= 11 is 11.7. The Bertz CT molecular complexity index is 1320. The van der Waals surface area contributed by atoms with Crippen LogP contribution in [-0.2, 0) is 25.7 Å². The molecule has 2 aromatic carbocycles. The fraction of sp³-hybridized carbons (Fsp3) is 0.125. The molecule has 0 saturated carbocycles. The van der Waals surface area contributed by atoms with Gasteiger partial charge in [-0.2, -0.15) is 5.10 Å². The fourth-order valence-electron chi connectivity index (χ4n) is 2.76. The molecule has 0 atom stereocenters. The number of amides is 4. The number of furan rings is 1. The second kappa shape index (κ2) is 13.1. The number of anilines is 2. The molecule has 1 aromatic heterocycles. The molecule has 0 spiro atoms. The second-order valence-electron chi connectivity index (χ2n) is 7.18. The Labute approximate surface area is 221 Å². The molecule has 4 amide bonds. The van der Waals surface area contributed by atoms with Gasteiger partial charge in [-0.3, -0.25) is 19.2 Å². The van der Waals surface area contributed by atoms with Crippen molar-refractivity contribution in [3.05, 3.63) is 76.2 Å². The van der Waals surface area contributed by atoms with Crippen LogP contribution in [0.4, 0.5) is 11.4 Å². The molecule has 1 heterocycles. The third-order valence-corrected chi connectivity index (χ3v) is 5.22. The lowest BCUT2D eigenvalue weighted by Crippen LogP contribution is -2.34. The van der Waals surface area contributed by atoms with Gasteiger partial charge in [-0.15, -0.1) is 0 Å². The van der Waals surface area contributed by atoms with Crippen LogP contribution in [0.2, 0.25) is 10.0 Å². The van der Waals surface area contributed by atoms with Crippen LogP contribution in [-0.4, -0.2) is 36.5 Å². The highest BCUT2D eigenvalue weighted by molar-refractivity contribution is 6.43. The van der Waals surface area contributed by atoms with E-state index in [1.165, 1.54) is 30.5 Å². The minimum atomic E-state index is -0.989. The van der Waals surface area contributed by atoms with Crippen molar-refractivity contribution in [2.45, 2.75) is 13.5 Å². The number of nitrogens with one attached hydrogen (secondary N) is 4. The summed E-state index contributed by atoms with van der Waals surface area (Å²) in [7, 11) is 0. The Morgan fingerprint density at radius 1 is 0.865 bits per heavy atom. The van der Waals surface area contributed by atoms with Gasteiger partial charge in [0.05, 0.1) is 29.4 Å². The van der Waals surface area contributed by atoms with Gasteiger partial charge in [-0.1, -0.05) is 23.2 Å². The lowest BCUT2D eigenvalue weighted by atomic mass is 10.3. The molecule has 4 N–H and O–H groups in total. The van der Waals surface area contributed by atoms with Crippen molar-refractivity contribution in [3.8, 4) is 5.75 Å². The lowest BCUT2D eigenvalue weighted by Gasteiger charge is -2.06. The van der Waals surface area contributed by atoms with Crippen LogP contribution in [0.15, 0.2) is 64.1 Å². The summed E-state index contributed by atoms with van der Waals surface area (Å²) in [4.78, 5) is 48.0. The van der Waals surface area contributed by atoms with E-state index in [0.29, 0.717) is 34.5 Å². The molecular formula is C24H21Cl2N5O6. The van der Waals surface area contributed by atoms with Crippen molar-refractivity contribution in [2.24, 2.45) is 5.10 Å². The number of ether oxygens (including phenoxy) is 1. The highest BCUT2D eigenvalue weighted by Crippen LogP contribution is 2.25. The molecule has 0 aliphatic rings. The number of halogens is 2. The van der Waals surface area contributed by atoms with Crippen molar-refractivity contribution in [2.75, 3.05) is 17.2 Å². The summed E-state index contributed by atoms with van der Waals surface area (Å²) in [6.45, 7) is 2.28. The Balaban J connectivity index is 1.42. The summed E-state index contributed by atoms with van der Waals surface area (Å²) in [5.74, 6) is -2.52. The SMILES string of the molecule is CCOc1ccc(NC(=O)C(=O)N/N=C/c2ccc(CNC(=O)C(=O)Nc3ccc(Cl)c(Cl)c3)o2)cc1. The van der Waals surface area contributed by atoms with E-state index < -0.39 is 23.6 Å². The molecule has 11 nitrogen and oxygen atoms in total. The van der Waals surface area contributed by atoms with Gasteiger partial charge < -0.3 is 25.1 Å². The van der Waals surface area contributed by atoms with E-state index in [4.69, 9.17) is 32.4 Å². The number of hydrogen-bond acceptors (Lipinski definition) is 7. The van der Waals surface area contributed by atoms with Crippen LogP contribution in [0.1, 0.15) is 18.4 Å². The molecule has 0 bridgehead atoms. The number of benzene rings is 2. The molecule has 0 unspecified atom stereocenters. The summed E-state index contributed by atoms with van der Waals surface area (Å²) in [5.41, 5.74) is 2.80. The fourth-order valence-corrected chi connectivity index (χ4v) is 3.06. The molecule has 13 heteroatoms. The van der Waals surface area contributed by atoms with Gasteiger partial charge in [0.25, 0.3) is 0 Å². The van der Waals surface area contributed by atoms with E-state index in [-0.39, 0.29) is 17.3 Å². The smallest absolute Gasteiger partial charge is 0.329 e. The molecule has 37 heavy (non-hydrogen) atoms. The molecule has 0 aliphatic carbocycles. The quantitative estimate of drug-likeness (QED) is 0.193. The monoisotopic (exact) mass is 545 g/mol. The highest BCUT2D eigenvalue weighted by Gasteiger charge is 2.15. The van der Waals surface area contributed by atoms with E-state index in [2.05, 4.69) is 26.5 Å². The molecule has 0 radical (unpaired) electrons. The van der Waals surface area contributed by atoms with Gasteiger partial charge in [0.1, 0.15) is 17.3 Å². The number of carbonyl (C=O) groups is 4. The Morgan fingerprint density at radius 3 is 2.24 bits per heavy atom. The summed E-state index contributed by atoms with van der Waals surface area (Å²) in [6.07, 6.45) is 1.17. The van der Waals surface area contributed by atoms with Gasteiger partial charge in [0.15, 0.2) is 0 Å². The van der Waals surface area contributed by atoms with Crippen LogP contribution in [0.3, 0.4) is 0 Å². The van der Waals surface area contributed by atoms with Crippen molar-refractivity contribution >= 4 is 64.4 Å². The molecule has 3 rings (SSSR count). The van der Waals surface area contributed by atoms with Crippen molar-refractivity contribution < 1.29 is 28.3 Å². The first-order valence-corrected chi connectivity index (χ1v) is 11.5. The highest BCUT2D eigenvalue weighted by atomic mass is 35.5. The molecular weight excluding hydrogens is 525 g/mol. The maximum Gasteiger partial charge on any atom is 0.329 e. The summed E-state index contributed by atoms with van der Waals surface area (Å²) in [5, 5.41) is 11.4. The topological polar surface area (TPSA) is 151 Å². The van der Waals surface area contributed by atoms with Crippen molar-refractivity contribution in [1.29, 1.82) is 0 Å². The normalized spacial score (nSPS) is 10.6. The van der Waals surface area contributed by atoms with Crippen LogP contribution >= 0.6 is 23.2 Å². The first-order valence-electron chi connectivity index (χ1n) is 10.8. The zero-order valence-corrected chi connectivity index (χ0v) is 20.9. The van der Waals surface area contributed by atoms with Crippen LogP contribution in [0.5, 0.6) is 5.75 Å². The van der Waals surface area contributed by atoms with E-state index in [1.807, 2.05) is 6.92 Å². The Hall–Kier alpha value is -4.35.